The van der Waals surface area contributed by atoms with Crippen LogP contribution < -0.4 is 11.1 Å². The van der Waals surface area contributed by atoms with Gasteiger partial charge in [-0.15, -0.1) is 0 Å². The van der Waals surface area contributed by atoms with Gasteiger partial charge in [0.1, 0.15) is 5.54 Å². The van der Waals surface area contributed by atoms with Crippen LogP contribution in [0.2, 0.25) is 0 Å². The van der Waals surface area contributed by atoms with Crippen molar-refractivity contribution in [1.82, 2.24) is 10.2 Å². The minimum atomic E-state index is -0.585. The molecule has 0 aromatic carbocycles. The molecule has 0 radical (unpaired) electrons. The molecule has 1 saturated heterocycles. The first-order valence-electron chi connectivity index (χ1n) is 6.79. The van der Waals surface area contributed by atoms with Crippen molar-refractivity contribution in [3.8, 4) is 0 Å². The Morgan fingerprint density at radius 1 is 1.53 bits per heavy atom. The highest BCUT2D eigenvalue weighted by Crippen LogP contribution is 2.21. The summed E-state index contributed by atoms with van der Waals surface area (Å²) in [7, 11) is 0. The number of hydrogen-bond donors (Lipinski definition) is 2. The van der Waals surface area contributed by atoms with Gasteiger partial charge >= 0.3 is 0 Å². The van der Waals surface area contributed by atoms with Gasteiger partial charge in [-0.05, 0) is 38.8 Å². The molecular weight excluding hydrogens is 214 g/mol. The van der Waals surface area contributed by atoms with Gasteiger partial charge in [0.2, 0.25) is 5.91 Å². The average Bonchev–Trinajstić information content (AvgIpc) is 2.73. The van der Waals surface area contributed by atoms with Gasteiger partial charge in [0, 0.05) is 13.1 Å². The highest BCUT2D eigenvalue weighted by Gasteiger charge is 2.34. The molecule has 17 heavy (non-hydrogen) atoms. The van der Waals surface area contributed by atoms with Gasteiger partial charge in [-0.3, -0.25) is 4.79 Å². The number of rotatable bonds is 7. The molecule has 2 unspecified atom stereocenters. The smallest absolute Gasteiger partial charge is 0.238 e. The normalized spacial score (nSPS) is 24.8. The third-order valence-electron chi connectivity index (χ3n) is 3.80. The van der Waals surface area contributed by atoms with Crippen molar-refractivity contribution in [2.75, 3.05) is 26.2 Å². The number of carbonyl (C=O) groups is 1. The summed E-state index contributed by atoms with van der Waals surface area (Å²) in [6.45, 7) is 10.0. The lowest BCUT2D eigenvalue weighted by Gasteiger charge is -2.32. The minimum Gasteiger partial charge on any atom is -0.368 e. The molecule has 0 spiro atoms. The summed E-state index contributed by atoms with van der Waals surface area (Å²) in [4.78, 5) is 14.0. The van der Waals surface area contributed by atoms with Crippen molar-refractivity contribution in [2.24, 2.45) is 11.7 Å². The quantitative estimate of drug-likeness (QED) is 0.698. The van der Waals surface area contributed by atoms with E-state index >= 15 is 0 Å². The zero-order chi connectivity index (χ0) is 12.9. The van der Waals surface area contributed by atoms with E-state index in [9.17, 15) is 4.79 Å². The predicted octanol–water partition coefficient (Wildman–Crippen LogP) is 0.962. The van der Waals surface area contributed by atoms with E-state index in [0.717, 1.165) is 38.5 Å². The van der Waals surface area contributed by atoms with Crippen molar-refractivity contribution >= 4 is 5.91 Å². The fourth-order valence-corrected chi connectivity index (χ4v) is 2.46. The lowest BCUT2D eigenvalue weighted by atomic mass is 10.0. The molecule has 0 aliphatic carbocycles. The Bertz CT molecular complexity index is 257. The van der Waals surface area contributed by atoms with Crippen LogP contribution in [0.3, 0.4) is 0 Å². The van der Waals surface area contributed by atoms with Crippen LogP contribution in [-0.4, -0.2) is 42.5 Å². The second-order valence-corrected chi connectivity index (χ2v) is 5.42. The first-order chi connectivity index (χ1) is 8.01. The standard InChI is InChI=1S/C13H27N3O/c1-4-7-15-13(3,12(14)17)10-16-8-6-11(5-2)9-16/h11,15H,4-10H2,1-3H3,(H2,14,17). The van der Waals surface area contributed by atoms with Crippen molar-refractivity contribution in [2.45, 2.75) is 45.6 Å². The number of nitrogens with one attached hydrogen (secondary N) is 1. The summed E-state index contributed by atoms with van der Waals surface area (Å²) in [5, 5.41) is 3.29. The number of likely N-dealkylation sites (tertiary alicyclic amines) is 1. The zero-order valence-corrected chi connectivity index (χ0v) is 11.5. The van der Waals surface area contributed by atoms with Crippen molar-refractivity contribution in [3.63, 3.8) is 0 Å². The van der Waals surface area contributed by atoms with E-state index in [1.807, 2.05) is 6.92 Å². The second kappa shape index (κ2) is 6.36. The van der Waals surface area contributed by atoms with Gasteiger partial charge in [0.25, 0.3) is 0 Å². The molecule has 0 bridgehead atoms. The van der Waals surface area contributed by atoms with Gasteiger partial charge < -0.3 is 16.0 Å². The highest BCUT2D eigenvalue weighted by molar-refractivity contribution is 5.84. The first kappa shape index (κ1) is 14.5. The van der Waals surface area contributed by atoms with Crippen molar-refractivity contribution in [3.05, 3.63) is 0 Å². The van der Waals surface area contributed by atoms with Crippen LogP contribution in [0.4, 0.5) is 0 Å². The number of amides is 1. The molecule has 2 atom stereocenters. The van der Waals surface area contributed by atoms with Crippen LogP contribution >= 0.6 is 0 Å². The minimum absolute atomic E-state index is 0.245. The molecule has 1 heterocycles. The fourth-order valence-electron chi connectivity index (χ4n) is 2.46. The summed E-state index contributed by atoms with van der Waals surface area (Å²) in [6.07, 6.45) is 3.49. The average molecular weight is 241 g/mol. The zero-order valence-electron chi connectivity index (χ0n) is 11.5. The maximum atomic E-state index is 11.6. The summed E-state index contributed by atoms with van der Waals surface area (Å²) in [5.41, 5.74) is 4.94. The van der Waals surface area contributed by atoms with Gasteiger partial charge in [-0.2, -0.15) is 0 Å². The number of nitrogens with two attached hydrogens (primary N) is 1. The molecule has 4 heteroatoms. The Kier molecular flexibility index (Phi) is 5.40. The van der Waals surface area contributed by atoms with Crippen LogP contribution in [0, 0.1) is 5.92 Å². The molecular formula is C13H27N3O. The summed E-state index contributed by atoms with van der Waals surface area (Å²) < 4.78 is 0. The second-order valence-electron chi connectivity index (χ2n) is 5.42. The Balaban J connectivity index is 2.52. The molecule has 0 aromatic heterocycles. The molecule has 1 amide bonds. The van der Waals surface area contributed by atoms with Crippen LogP contribution in [0.5, 0.6) is 0 Å². The van der Waals surface area contributed by atoms with E-state index < -0.39 is 5.54 Å². The van der Waals surface area contributed by atoms with Crippen LogP contribution in [-0.2, 0) is 4.79 Å². The first-order valence-corrected chi connectivity index (χ1v) is 6.79. The molecule has 4 nitrogen and oxygen atoms in total. The SMILES string of the molecule is CCCNC(C)(CN1CCC(CC)C1)C(N)=O. The third kappa shape index (κ3) is 3.96. The summed E-state index contributed by atoms with van der Waals surface area (Å²) >= 11 is 0. The van der Waals surface area contributed by atoms with Crippen LogP contribution in [0.1, 0.15) is 40.0 Å². The molecule has 1 fully saturated rings. The molecule has 1 aliphatic rings. The maximum absolute atomic E-state index is 11.6. The molecule has 100 valence electrons. The highest BCUT2D eigenvalue weighted by atomic mass is 16.1. The lowest BCUT2D eigenvalue weighted by Crippen LogP contribution is -2.59. The van der Waals surface area contributed by atoms with Crippen molar-refractivity contribution < 1.29 is 4.79 Å². The van der Waals surface area contributed by atoms with Crippen LogP contribution in [0.25, 0.3) is 0 Å². The fraction of sp³-hybridized carbons (Fsp3) is 0.923. The number of carbonyl (C=O) groups excluding carboxylic acids is 1. The summed E-state index contributed by atoms with van der Waals surface area (Å²) in [5.74, 6) is 0.546. The topological polar surface area (TPSA) is 58.4 Å². The largest absolute Gasteiger partial charge is 0.368 e. The molecule has 3 N–H and O–H groups in total. The number of hydrogen-bond acceptors (Lipinski definition) is 3. The van der Waals surface area contributed by atoms with Gasteiger partial charge in [0.15, 0.2) is 0 Å². The third-order valence-corrected chi connectivity index (χ3v) is 3.80. The van der Waals surface area contributed by atoms with E-state index in [1.54, 1.807) is 0 Å². The van der Waals surface area contributed by atoms with E-state index in [2.05, 4.69) is 24.1 Å². The Morgan fingerprint density at radius 3 is 2.71 bits per heavy atom. The Hall–Kier alpha value is -0.610. The molecule has 0 aromatic rings. The van der Waals surface area contributed by atoms with Crippen molar-refractivity contribution in [1.29, 1.82) is 0 Å². The van der Waals surface area contributed by atoms with E-state index in [1.165, 1.54) is 12.8 Å². The molecule has 1 aliphatic heterocycles. The number of nitrogens with zero attached hydrogens (tertiary/aromatic N) is 1. The number of primary amides is 1. The van der Waals surface area contributed by atoms with E-state index in [4.69, 9.17) is 5.73 Å². The Labute approximate surface area is 105 Å². The van der Waals surface area contributed by atoms with E-state index in [0.29, 0.717) is 0 Å². The monoisotopic (exact) mass is 241 g/mol. The maximum Gasteiger partial charge on any atom is 0.238 e. The van der Waals surface area contributed by atoms with Gasteiger partial charge in [-0.1, -0.05) is 20.3 Å². The lowest BCUT2D eigenvalue weighted by molar-refractivity contribution is -0.124. The van der Waals surface area contributed by atoms with Gasteiger partial charge in [-0.25, -0.2) is 0 Å². The Morgan fingerprint density at radius 2 is 2.24 bits per heavy atom. The van der Waals surface area contributed by atoms with Crippen LogP contribution in [0.15, 0.2) is 0 Å². The summed E-state index contributed by atoms with van der Waals surface area (Å²) in [6, 6.07) is 0. The molecule has 0 saturated carbocycles. The van der Waals surface area contributed by atoms with Gasteiger partial charge in [0.05, 0.1) is 0 Å². The molecule has 1 rings (SSSR count). The van der Waals surface area contributed by atoms with E-state index in [-0.39, 0.29) is 5.91 Å². The predicted molar refractivity (Wildman–Crippen MR) is 70.7 cm³/mol.